The second-order valence-electron chi connectivity index (χ2n) is 4.94. The molecule has 9 heteroatoms. The van der Waals surface area contributed by atoms with Crippen molar-refractivity contribution in [3.05, 3.63) is 27.8 Å². The fourth-order valence-electron chi connectivity index (χ4n) is 2.77. The summed E-state index contributed by atoms with van der Waals surface area (Å²) in [5.74, 6) is 0. The molecule has 1 aromatic heterocycles. The van der Waals surface area contributed by atoms with Gasteiger partial charge in [-0.3, -0.25) is 10.1 Å². The fraction of sp³-hybridized carbons (Fsp3) is 0.417. The van der Waals surface area contributed by atoms with Gasteiger partial charge in [-0.15, -0.1) is 0 Å². The third-order valence-corrected chi connectivity index (χ3v) is 3.75. The van der Waals surface area contributed by atoms with Crippen LogP contribution in [0, 0.1) is 10.1 Å². The number of aromatic nitrogens is 2. The van der Waals surface area contributed by atoms with E-state index in [1.54, 1.807) is 6.07 Å². The Morgan fingerprint density at radius 1 is 1.48 bits per heavy atom. The molecule has 1 aliphatic heterocycles. The summed E-state index contributed by atoms with van der Waals surface area (Å²) >= 11 is 0. The lowest BCUT2D eigenvalue weighted by molar-refractivity contribution is -0.383. The number of non-ortho nitro benzene ring substituents is 1. The van der Waals surface area contributed by atoms with Crippen molar-refractivity contribution in [3.8, 4) is 0 Å². The smallest absolute Gasteiger partial charge is 0.407 e. The molecule has 2 heterocycles. The summed E-state index contributed by atoms with van der Waals surface area (Å²) in [5, 5.41) is 27.4. The van der Waals surface area contributed by atoms with E-state index in [9.17, 15) is 14.9 Å². The van der Waals surface area contributed by atoms with Gasteiger partial charge in [0.1, 0.15) is 5.52 Å². The highest BCUT2D eigenvalue weighted by Gasteiger charge is 2.30. The first kappa shape index (κ1) is 13.3. The summed E-state index contributed by atoms with van der Waals surface area (Å²) in [6.45, 7) is 0.507. The van der Waals surface area contributed by atoms with E-state index in [4.69, 9.17) is 5.11 Å². The topological polar surface area (TPSA) is 123 Å². The van der Waals surface area contributed by atoms with E-state index in [0.717, 1.165) is 12.8 Å². The van der Waals surface area contributed by atoms with Crippen molar-refractivity contribution in [1.29, 1.82) is 0 Å². The van der Waals surface area contributed by atoms with Gasteiger partial charge < -0.3 is 10.0 Å². The fourth-order valence-corrected chi connectivity index (χ4v) is 2.77. The summed E-state index contributed by atoms with van der Waals surface area (Å²) in [5.41, 5.74) is 0.949. The largest absolute Gasteiger partial charge is 0.465 e. The number of hydrogen-bond donors (Lipinski definition) is 1. The lowest BCUT2D eigenvalue weighted by Crippen LogP contribution is -2.35. The zero-order valence-electron chi connectivity index (χ0n) is 10.9. The van der Waals surface area contributed by atoms with Crippen molar-refractivity contribution in [3.63, 3.8) is 0 Å². The molecule has 0 bridgehead atoms. The number of nitro groups is 1. The number of likely N-dealkylation sites (tertiary alicyclic amines) is 1. The quantitative estimate of drug-likeness (QED) is 0.676. The van der Waals surface area contributed by atoms with Crippen molar-refractivity contribution < 1.29 is 19.5 Å². The predicted molar refractivity (Wildman–Crippen MR) is 69.9 cm³/mol. The molecule has 110 valence electrons. The SMILES string of the molecule is O=C(O)N1CCC[C@H]1Cc1ccc([N+](=O)[O-])c2nonc12. The minimum Gasteiger partial charge on any atom is -0.465 e. The number of hydrogen-bond acceptors (Lipinski definition) is 6. The number of amides is 1. The Bertz CT molecular complexity index is 713. The standard InChI is InChI=1S/C12H12N4O5/c17-12(18)15-5-1-2-8(15)6-7-3-4-9(16(19)20)11-10(7)13-21-14-11/h3-4,8H,1-2,5-6H2,(H,17,18)/t8-/m0/s1. The molecule has 1 fully saturated rings. The molecule has 1 amide bonds. The molecular formula is C12H12N4O5. The van der Waals surface area contributed by atoms with Crippen LogP contribution in [0.3, 0.4) is 0 Å². The minimum atomic E-state index is -0.950. The second kappa shape index (κ2) is 5.00. The van der Waals surface area contributed by atoms with Crippen molar-refractivity contribution in [2.45, 2.75) is 25.3 Å². The van der Waals surface area contributed by atoms with E-state index in [2.05, 4.69) is 14.9 Å². The Labute approximate surface area is 118 Å². The van der Waals surface area contributed by atoms with E-state index < -0.39 is 11.0 Å². The van der Waals surface area contributed by atoms with Crippen molar-refractivity contribution in [1.82, 2.24) is 15.2 Å². The molecule has 2 aromatic rings. The van der Waals surface area contributed by atoms with Crippen LogP contribution < -0.4 is 0 Å². The molecule has 3 rings (SSSR count). The number of benzene rings is 1. The van der Waals surface area contributed by atoms with Crippen LogP contribution >= 0.6 is 0 Å². The highest BCUT2D eigenvalue weighted by Crippen LogP contribution is 2.29. The van der Waals surface area contributed by atoms with Crippen LogP contribution in [0.2, 0.25) is 0 Å². The third-order valence-electron chi connectivity index (χ3n) is 3.75. The molecule has 0 radical (unpaired) electrons. The Morgan fingerprint density at radius 3 is 2.95 bits per heavy atom. The average Bonchev–Trinajstić information content (AvgIpc) is 3.06. The first-order chi connectivity index (χ1) is 10.1. The Morgan fingerprint density at radius 2 is 2.24 bits per heavy atom. The van der Waals surface area contributed by atoms with Gasteiger partial charge in [-0.2, -0.15) is 0 Å². The average molecular weight is 292 g/mol. The van der Waals surface area contributed by atoms with Gasteiger partial charge >= 0.3 is 11.8 Å². The number of rotatable bonds is 3. The number of nitro benzene ring substituents is 1. The highest BCUT2D eigenvalue weighted by molar-refractivity contribution is 5.86. The molecule has 0 aliphatic carbocycles. The maximum absolute atomic E-state index is 11.1. The minimum absolute atomic E-state index is 0.0948. The van der Waals surface area contributed by atoms with Crippen LogP contribution in [0.4, 0.5) is 10.5 Å². The molecule has 1 aromatic carbocycles. The van der Waals surface area contributed by atoms with Crippen molar-refractivity contribution >= 4 is 22.8 Å². The molecule has 0 unspecified atom stereocenters. The van der Waals surface area contributed by atoms with E-state index in [0.29, 0.717) is 24.0 Å². The van der Waals surface area contributed by atoms with Crippen LogP contribution in [0.15, 0.2) is 16.8 Å². The van der Waals surface area contributed by atoms with E-state index in [1.165, 1.54) is 11.0 Å². The maximum Gasteiger partial charge on any atom is 0.407 e. The third kappa shape index (κ3) is 2.26. The maximum atomic E-state index is 11.1. The molecular weight excluding hydrogens is 280 g/mol. The van der Waals surface area contributed by atoms with Crippen LogP contribution in [-0.2, 0) is 6.42 Å². The summed E-state index contributed by atoms with van der Waals surface area (Å²) in [4.78, 5) is 22.9. The first-order valence-electron chi connectivity index (χ1n) is 6.46. The van der Waals surface area contributed by atoms with Gasteiger partial charge in [-0.1, -0.05) is 0 Å². The number of carbonyl (C=O) groups is 1. The molecule has 1 atom stereocenters. The molecule has 0 saturated carbocycles. The molecule has 1 saturated heterocycles. The zero-order valence-corrected chi connectivity index (χ0v) is 10.9. The number of carboxylic acid groups (broad SMARTS) is 1. The van der Waals surface area contributed by atoms with E-state index >= 15 is 0 Å². The molecule has 21 heavy (non-hydrogen) atoms. The summed E-state index contributed by atoms with van der Waals surface area (Å²) in [6.07, 6.45) is 1.06. The summed E-state index contributed by atoms with van der Waals surface area (Å²) in [6, 6.07) is 2.79. The number of nitrogens with zero attached hydrogens (tertiary/aromatic N) is 4. The van der Waals surface area contributed by atoms with Crippen LogP contribution in [0.25, 0.3) is 11.0 Å². The summed E-state index contributed by atoms with van der Waals surface area (Å²) in [7, 11) is 0. The van der Waals surface area contributed by atoms with Gasteiger partial charge in [0.05, 0.1) is 4.92 Å². The lowest BCUT2D eigenvalue weighted by atomic mass is 10.0. The molecule has 1 aliphatic rings. The van der Waals surface area contributed by atoms with Crippen LogP contribution in [0.1, 0.15) is 18.4 Å². The van der Waals surface area contributed by atoms with Gasteiger partial charge in [-0.25, -0.2) is 9.42 Å². The van der Waals surface area contributed by atoms with Crippen molar-refractivity contribution in [2.24, 2.45) is 0 Å². The van der Waals surface area contributed by atoms with Crippen molar-refractivity contribution in [2.75, 3.05) is 6.54 Å². The number of fused-ring (bicyclic) bond motifs is 1. The van der Waals surface area contributed by atoms with E-state index in [1.807, 2.05) is 0 Å². The monoisotopic (exact) mass is 292 g/mol. The summed E-state index contributed by atoms with van der Waals surface area (Å²) < 4.78 is 4.60. The Balaban J connectivity index is 1.95. The van der Waals surface area contributed by atoms with Crippen LogP contribution in [0.5, 0.6) is 0 Å². The molecule has 9 nitrogen and oxygen atoms in total. The van der Waals surface area contributed by atoms with Gasteiger partial charge in [0.2, 0.25) is 5.52 Å². The Kier molecular flexibility index (Phi) is 3.16. The molecule has 1 N–H and O–H groups in total. The van der Waals surface area contributed by atoms with Gasteiger partial charge in [0.25, 0.3) is 0 Å². The normalized spacial score (nSPS) is 18.3. The van der Waals surface area contributed by atoms with Gasteiger partial charge in [0, 0.05) is 18.7 Å². The zero-order chi connectivity index (χ0) is 15.0. The first-order valence-corrected chi connectivity index (χ1v) is 6.46. The van der Waals surface area contributed by atoms with Gasteiger partial charge in [-0.05, 0) is 41.2 Å². The lowest BCUT2D eigenvalue weighted by Gasteiger charge is -2.21. The Hall–Kier alpha value is -2.71. The molecule has 0 spiro atoms. The predicted octanol–water partition coefficient (Wildman–Crippen LogP) is 1.82. The van der Waals surface area contributed by atoms with E-state index in [-0.39, 0.29) is 17.2 Å². The van der Waals surface area contributed by atoms with Crippen LogP contribution in [-0.4, -0.2) is 43.9 Å². The highest BCUT2D eigenvalue weighted by atomic mass is 16.6. The second-order valence-corrected chi connectivity index (χ2v) is 4.94. The van der Waals surface area contributed by atoms with Gasteiger partial charge in [0.15, 0.2) is 0 Å².